The highest BCUT2D eigenvalue weighted by atomic mass is 35.5. The van der Waals surface area contributed by atoms with Crippen molar-refractivity contribution in [1.82, 2.24) is 14.9 Å². The van der Waals surface area contributed by atoms with Crippen LogP contribution in [0.1, 0.15) is 28.9 Å². The highest BCUT2D eigenvalue weighted by Gasteiger charge is 2.37. The van der Waals surface area contributed by atoms with Crippen LogP contribution in [-0.2, 0) is 5.41 Å². The van der Waals surface area contributed by atoms with Gasteiger partial charge in [-0.3, -0.25) is 4.79 Å². The average molecular weight is 389 g/mol. The van der Waals surface area contributed by atoms with Gasteiger partial charge in [-0.2, -0.15) is 0 Å². The van der Waals surface area contributed by atoms with Crippen LogP contribution in [-0.4, -0.2) is 40.4 Å². The Bertz CT molecular complexity index is 891. The van der Waals surface area contributed by atoms with E-state index in [2.05, 4.69) is 34.2 Å². The molecular weight excluding hydrogens is 368 g/mol. The summed E-state index contributed by atoms with van der Waals surface area (Å²) in [6.07, 6.45) is 3.22. The molecule has 0 spiro atoms. The Balaban J connectivity index is 0.00000196. The van der Waals surface area contributed by atoms with Crippen LogP contribution in [0.15, 0.2) is 48.1 Å². The smallest absolute Gasteiger partial charge is 0.274 e. The van der Waals surface area contributed by atoms with Gasteiger partial charge in [0, 0.05) is 25.0 Å². The third-order valence-corrected chi connectivity index (χ3v) is 6.14. The van der Waals surface area contributed by atoms with Gasteiger partial charge in [-0.1, -0.05) is 30.3 Å². The summed E-state index contributed by atoms with van der Waals surface area (Å²) in [6, 6.07) is 12.3. The maximum absolute atomic E-state index is 13.0. The van der Waals surface area contributed by atoms with Gasteiger partial charge in [0.1, 0.15) is 12.0 Å². The van der Waals surface area contributed by atoms with E-state index in [1.165, 1.54) is 23.2 Å². The van der Waals surface area contributed by atoms with Gasteiger partial charge in [0.2, 0.25) is 0 Å². The van der Waals surface area contributed by atoms with Gasteiger partial charge < -0.3 is 10.6 Å². The van der Waals surface area contributed by atoms with Gasteiger partial charge >= 0.3 is 0 Å². The van der Waals surface area contributed by atoms with Crippen molar-refractivity contribution in [2.75, 3.05) is 19.6 Å². The lowest BCUT2D eigenvalue weighted by Crippen LogP contribution is -2.48. The van der Waals surface area contributed by atoms with Gasteiger partial charge in [-0.15, -0.1) is 23.7 Å². The van der Waals surface area contributed by atoms with Crippen molar-refractivity contribution in [1.29, 1.82) is 0 Å². The molecule has 0 unspecified atom stereocenters. The largest absolute Gasteiger partial charge is 0.337 e. The van der Waals surface area contributed by atoms with Crippen molar-refractivity contribution < 1.29 is 4.79 Å². The average Bonchev–Trinajstić information content (AvgIpc) is 3.17. The molecule has 0 bridgehead atoms. The first-order chi connectivity index (χ1) is 12.2. The van der Waals surface area contributed by atoms with Crippen LogP contribution in [0.25, 0.3) is 10.2 Å². The van der Waals surface area contributed by atoms with E-state index in [0.717, 1.165) is 23.1 Å². The summed E-state index contributed by atoms with van der Waals surface area (Å²) >= 11 is 1.51. The minimum absolute atomic E-state index is 0. The lowest BCUT2D eigenvalue weighted by atomic mass is 9.73. The molecule has 0 atom stereocenters. The number of benzene rings is 1. The zero-order valence-electron chi connectivity index (χ0n) is 14.3. The maximum atomic E-state index is 13.0. The van der Waals surface area contributed by atoms with Crippen LogP contribution in [0.4, 0.5) is 0 Å². The van der Waals surface area contributed by atoms with Crippen molar-refractivity contribution in [2.45, 2.75) is 18.3 Å². The molecular formula is C19H21ClN4OS. The van der Waals surface area contributed by atoms with Crippen LogP contribution in [0.2, 0.25) is 0 Å². The summed E-state index contributed by atoms with van der Waals surface area (Å²) in [5, 5.41) is 1.95. The van der Waals surface area contributed by atoms with Crippen molar-refractivity contribution in [3.8, 4) is 0 Å². The van der Waals surface area contributed by atoms with E-state index in [-0.39, 0.29) is 23.7 Å². The second kappa shape index (κ2) is 7.70. The van der Waals surface area contributed by atoms with Gasteiger partial charge in [-0.05, 0) is 29.9 Å². The molecule has 2 aromatic heterocycles. The molecule has 7 heteroatoms. The third-order valence-electron chi connectivity index (χ3n) is 5.23. The molecule has 3 heterocycles. The first-order valence-corrected chi connectivity index (χ1v) is 9.34. The molecule has 2 N–H and O–H groups in total. The maximum Gasteiger partial charge on any atom is 0.274 e. The Morgan fingerprint density at radius 1 is 1.15 bits per heavy atom. The molecule has 0 aliphatic carbocycles. The Kier molecular flexibility index (Phi) is 5.55. The Morgan fingerprint density at radius 2 is 1.88 bits per heavy atom. The number of likely N-dealkylation sites (tertiary alicyclic amines) is 1. The van der Waals surface area contributed by atoms with E-state index >= 15 is 0 Å². The zero-order valence-corrected chi connectivity index (χ0v) is 15.9. The number of nitrogens with two attached hydrogens (primary N) is 1. The third kappa shape index (κ3) is 3.20. The van der Waals surface area contributed by atoms with E-state index in [0.29, 0.717) is 25.3 Å². The van der Waals surface area contributed by atoms with E-state index in [4.69, 9.17) is 5.73 Å². The standard InChI is InChI=1S/C19H20N4OS.ClH/c20-12-19(14-4-2-1-3-5-14)7-9-23(10-8-19)18(24)16-17-15(6-11-25-17)21-13-22-16;/h1-6,11,13H,7-10,12,20H2;1H. The molecule has 26 heavy (non-hydrogen) atoms. The molecule has 1 aromatic carbocycles. The first kappa shape index (κ1) is 18.8. The van der Waals surface area contributed by atoms with Crippen LogP contribution in [0, 0.1) is 0 Å². The van der Waals surface area contributed by atoms with Crippen molar-refractivity contribution >= 4 is 39.9 Å². The van der Waals surface area contributed by atoms with Crippen LogP contribution in [0.5, 0.6) is 0 Å². The molecule has 4 rings (SSSR count). The summed E-state index contributed by atoms with van der Waals surface area (Å²) in [6.45, 7) is 1.99. The number of piperidine rings is 1. The predicted molar refractivity (Wildman–Crippen MR) is 107 cm³/mol. The molecule has 3 aromatic rings. The molecule has 136 valence electrons. The number of thiophene rings is 1. The Labute approximate surface area is 162 Å². The topological polar surface area (TPSA) is 72.1 Å². The summed E-state index contributed by atoms with van der Waals surface area (Å²) in [7, 11) is 0. The van der Waals surface area contributed by atoms with Gasteiger partial charge in [0.15, 0.2) is 0 Å². The minimum Gasteiger partial charge on any atom is -0.337 e. The van der Waals surface area contributed by atoms with Gasteiger partial charge in [0.05, 0.1) is 10.2 Å². The Hall–Kier alpha value is -2.02. The van der Waals surface area contributed by atoms with Gasteiger partial charge in [-0.25, -0.2) is 9.97 Å². The second-order valence-corrected chi connectivity index (χ2v) is 7.42. The molecule has 1 amide bonds. The number of carbonyl (C=O) groups is 1. The first-order valence-electron chi connectivity index (χ1n) is 8.47. The fourth-order valence-corrected chi connectivity index (χ4v) is 4.46. The molecule has 0 radical (unpaired) electrons. The number of rotatable bonds is 3. The fourth-order valence-electron chi connectivity index (χ4n) is 3.63. The monoisotopic (exact) mass is 388 g/mol. The molecule has 1 fully saturated rings. The van der Waals surface area contributed by atoms with Crippen LogP contribution < -0.4 is 5.73 Å². The highest BCUT2D eigenvalue weighted by Crippen LogP contribution is 2.35. The van der Waals surface area contributed by atoms with Gasteiger partial charge in [0.25, 0.3) is 5.91 Å². The lowest BCUT2D eigenvalue weighted by Gasteiger charge is -2.41. The SMILES string of the molecule is Cl.NCC1(c2ccccc2)CCN(C(=O)c2ncnc3ccsc23)CC1. The number of hydrogen-bond donors (Lipinski definition) is 1. The van der Waals surface area contributed by atoms with E-state index in [1.807, 2.05) is 22.4 Å². The predicted octanol–water partition coefficient (Wildman–Crippen LogP) is 3.25. The van der Waals surface area contributed by atoms with Crippen LogP contribution in [0.3, 0.4) is 0 Å². The quantitative estimate of drug-likeness (QED) is 0.747. The number of halogens is 1. The molecule has 1 aliphatic rings. The molecule has 0 saturated carbocycles. The molecule has 1 aliphatic heterocycles. The number of nitrogens with zero attached hydrogens (tertiary/aromatic N) is 3. The van der Waals surface area contributed by atoms with Crippen molar-refractivity contribution in [3.05, 3.63) is 59.4 Å². The number of aromatic nitrogens is 2. The Morgan fingerprint density at radius 3 is 2.58 bits per heavy atom. The highest BCUT2D eigenvalue weighted by molar-refractivity contribution is 7.17. The van der Waals surface area contributed by atoms with E-state index in [1.54, 1.807) is 0 Å². The van der Waals surface area contributed by atoms with Crippen molar-refractivity contribution in [3.63, 3.8) is 0 Å². The number of amides is 1. The zero-order chi connectivity index (χ0) is 17.3. The lowest BCUT2D eigenvalue weighted by molar-refractivity contribution is 0.0666. The number of fused-ring (bicyclic) bond motifs is 1. The summed E-state index contributed by atoms with van der Waals surface area (Å²) in [5.74, 6) is -0.00599. The fraction of sp³-hybridized carbons (Fsp3) is 0.316. The number of hydrogen-bond acceptors (Lipinski definition) is 5. The minimum atomic E-state index is -0.0397. The summed E-state index contributed by atoms with van der Waals surface area (Å²) in [4.78, 5) is 23.3. The van der Waals surface area contributed by atoms with E-state index < -0.39 is 0 Å². The molecule has 5 nitrogen and oxygen atoms in total. The molecule has 1 saturated heterocycles. The normalized spacial score (nSPS) is 16.3. The van der Waals surface area contributed by atoms with Crippen molar-refractivity contribution in [2.24, 2.45) is 5.73 Å². The summed E-state index contributed by atoms with van der Waals surface area (Å²) < 4.78 is 0.867. The van der Waals surface area contributed by atoms with E-state index in [9.17, 15) is 4.79 Å². The second-order valence-electron chi connectivity index (χ2n) is 6.50. The number of carbonyl (C=O) groups excluding carboxylic acids is 1. The van der Waals surface area contributed by atoms with Crippen LogP contribution >= 0.6 is 23.7 Å². The summed E-state index contributed by atoms with van der Waals surface area (Å²) in [5.41, 5.74) is 8.72.